The summed E-state index contributed by atoms with van der Waals surface area (Å²) in [7, 11) is 0. The lowest BCUT2D eigenvalue weighted by Crippen LogP contribution is -2.33. The molecule has 0 aliphatic rings. The number of carbonyl (C=O) groups is 1. The van der Waals surface area contributed by atoms with Crippen LogP contribution in [0.4, 0.5) is 0 Å². The summed E-state index contributed by atoms with van der Waals surface area (Å²) in [4.78, 5) is 41.1. The summed E-state index contributed by atoms with van der Waals surface area (Å²) < 4.78 is 3.14. The van der Waals surface area contributed by atoms with Crippen molar-refractivity contribution < 1.29 is 4.79 Å². The maximum atomic E-state index is 14.1. The standard InChI is InChI=1S/C29H23N7O2S/c1-18-24(27-31-14-7-16-35(27)34-18)28(37)32-19(2)26-33-22-11-6-8-20(12-13-23-30-15-17-39-23)25(22)29(38)36(26)21-9-4-3-5-10-21/h3-17,19H,1-2H3,(H,32,37)/b13-12+/t19-/m1/s1. The van der Waals surface area contributed by atoms with Crippen molar-refractivity contribution >= 4 is 45.9 Å². The number of aromatic nitrogens is 6. The van der Waals surface area contributed by atoms with Crippen LogP contribution < -0.4 is 10.9 Å². The summed E-state index contributed by atoms with van der Waals surface area (Å²) >= 11 is 1.52. The van der Waals surface area contributed by atoms with E-state index in [4.69, 9.17) is 4.98 Å². The van der Waals surface area contributed by atoms with Crippen LogP contribution in [-0.2, 0) is 0 Å². The van der Waals surface area contributed by atoms with E-state index in [1.54, 1.807) is 40.7 Å². The SMILES string of the molecule is Cc1nn2cccnc2c1C(=O)N[C@H](C)c1nc2cccc(/C=C/c3nccs3)c2c(=O)n1-c1ccccc1. The molecule has 0 fully saturated rings. The van der Waals surface area contributed by atoms with Gasteiger partial charge >= 0.3 is 0 Å². The lowest BCUT2D eigenvalue weighted by molar-refractivity contribution is 0.0938. The van der Waals surface area contributed by atoms with E-state index in [2.05, 4.69) is 20.4 Å². The number of hydrogen-bond donors (Lipinski definition) is 1. The van der Waals surface area contributed by atoms with Crippen LogP contribution in [-0.4, -0.2) is 35.0 Å². The normalized spacial score (nSPS) is 12.4. The van der Waals surface area contributed by atoms with E-state index in [1.165, 1.54) is 11.3 Å². The number of nitrogens with zero attached hydrogens (tertiary/aromatic N) is 6. The molecule has 192 valence electrons. The molecule has 6 aromatic rings. The maximum absolute atomic E-state index is 14.1. The van der Waals surface area contributed by atoms with Crippen LogP contribution in [0.5, 0.6) is 0 Å². The molecule has 0 spiro atoms. The second-order valence-electron chi connectivity index (χ2n) is 8.93. The molecule has 1 atom stereocenters. The quantitative estimate of drug-likeness (QED) is 0.328. The van der Waals surface area contributed by atoms with Crippen LogP contribution in [0.25, 0.3) is 34.4 Å². The number of thiazole rings is 1. The van der Waals surface area contributed by atoms with Gasteiger partial charge in [-0.15, -0.1) is 11.3 Å². The molecule has 4 aromatic heterocycles. The first kappa shape index (κ1) is 24.4. The first-order valence-electron chi connectivity index (χ1n) is 12.3. The zero-order chi connectivity index (χ0) is 26.9. The Morgan fingerprint density at radius 2 is 1.87 bits per heavy atom. The number of benzene rings is 2. The molecule has 0 unspecified atom stereocenters. The Morgan fingerprint density at radius 1 is 1.03 bits per heavy atom. The third-order valence-corrected chi connectivity index (χ3v) is 7.10. The van der Waals surface area contributed by atoms with Crippen molar-refractivity contribution in [3.63, 3.8) is 0 Å². The van der Waals surface area contributed by atoms with E-state index >= 15 is 0 Å². The minimum atomic E-state index is -0.609. The summed E-state index contributed by atoms with van der Waals surface area (Å²) in [6.07, 6.45) is 8.87. The van der Waals surface area contributed by atoms with Gasteiger partial charge in [0.15, 0.2) is 5.65 Å². The number of nitrogens with one attached hydrogen (secondary N) is 1. The minimum Gasteiger partial charge on any atom is -0.342 e. The molecule has 6 rings (SSSR count). The predicted octanol–water partition coefficient (Wildman–Crippen LogP) is 4.85. The number of amides is 1. The molecule has 0 aliphatic heterocycles. The first-order chi connectivity index (χ1) is 19.0. The van der Waals surface area contributed by atoms with E-state index in [0.29, 0.717) is 39.3 Å². The third kappa shape index (κ3) is 4.51. The van der Waals surface area contributed by atoms with E-state index < -0.39 is 6.04 Å². The minimum absolute atomic E-state index is 0.226. The Kier molecular flexibility index (Phi) is 6.29. The monoisotopic (exact) mass is 533 g/mol. The fraction of sp³-hybridized carbons (Fsp3) is 0.103. The Labute approximate surface area is 227 Å². The average molecular weight is 534 g/mol. The van der Waals surface area contributed by atoms with Crippen molar-refractivity contribution in [3.05, 3.63) is 117 Å². The zero-order valence-corrected chi connectivity index (χ0v) is 22.0. The summed E-state index contributed by atoms with van der Waals surface area (Å²) in [5.41, 5.74) is 3.10. The number of para-hydroxylation sites is 1. The summed E-state index contributed by atoms with van der Waals surface area (Å²) in [6.45, 7) is 3.58. The summed E-state index contributed by atoms with van der Waals surface area (Å²) in [5, 5.41) is 10.6. The van der Waals surface area contributed by atoms with Crippen LogP contribution in [0.2, 0.25) is 0 Å². The average Bonchev–Trinajstić information content (AvgIpc) is 3.59. The Morgan fingerprint density at radius 3 is 2.67 bits per heavy atom. The van der Waals surface area contributed by atoms with Crippen LogP contribution in [0.1, 0.15) is 45.4 Å². The summed E-state index contributed by atoms with van der Waals surface area (Å²) in [5.74, 6) is 0.0676. The van der Waals surface area contributed by atoms with Gasteiger partial charge < -0.3 is 5.32 Å². The van der Waals surface area contributed by atoms with Crippen molar-refractivity contribution in [3.8, 4) is 5.69 Å². The van der Waals surface area contributed by atoms with Gasteiger partial charge in [-0.1, -0.05) is 36.4 Å². The highest BCUT2D eigenvalue weighted by atomic mass is 32.1. The van der Waals surface area contributed by atoms with Gasteiger partial charge in [-0.3, -0.25) is 14.2 Å². The highest BCUT2D eigenvalue weighted by molar-refractivity contribution is 7.10. The van der Waals surface area contributed by atoms with Gasteiger partial charge in [-0.05, 0) is 49.8 Å². The molecule has 0 saturated carbocycles. The van der Waals surface area contributed by atoms with Gasteiger partial charge in [0.1, 0.15) is 16.4 Å². The van der Waals surface area contributed by atoms with Crippen molar-refractivity contribution in [1.82, 2.24) is 34.4 Å². The van der Waals surface area contributed by atoms with Crippen molar-refractivity contribution in [2.45, 2.75) is 19.9 Å². The Bertz CT molecular complexity index is 1910. The van der Waals surface area contributed by atoms with Gasteiger partial charge in [-0.25, -0.2) is 19.5 Å². The van der Waals surface area contributed by atoms with Gasteiger partial charge in [0.25, 0.3) is 11.5 Å². The predicted molar refractivity (Wildman–Crippen MR) is 152 cm³/mol. The Hall–Kier alpha value is -4.96. The smallest absolute Gasteiger partial charge is 0.266 e. The molecule has 9 nitrogen and oxygen atoms in total. The molecular weight excluding hydrogens is 510 g/mol. The third-order valence-electron chi connectivity index (χ3n) is 6.36. The Balaban J connectivity index is 1.47. The molecule has 0 saturated heterocycles. The van der Waals surface area contributed by atoms with Crippen LogP contribution in [0.15, 0.2) is 83.4 Å². The molecule has 0 aliphatic carbocycles. The van der Waals surface area contributed by atoms with Crippen molar-refractivity contribution in [2.75, 3.05) is 0 Å². The van der Waals surface area contributed by atoms with Crippen molar-refractivity contribution in [2.24, 2.45) is 0 Å². The lowest BCUT2D eigenvalue weighted by Gasteiger charge is -2.20. The van der Waals surface area contributed by atoms with Crippen LogP contribution in [0, 0.1) is 6.92 Å². The molecular formula is C29H23N7O2S. The van der Waals surface area contributed by atoms with Crippen LogP contribution >= 0.6 is 11.3 Å². The number of aryl methyl sites for hydroxylation is 1. The number of fused-ring (bicyclic) bond motifs is 2. The number of rotatable bonds is 6. The number of hydrogen-bond acceptors (Lipinski definition) is 7. The molecule has 39 heavy (non-hydrogen) atoms. The summed E-state index contributed by atoms with van der Waals surface area (Å²) in [6, 6.07) is 16.0. The fourth-order valence-corrected chi connectivity index (χ4v) is 5.13. The van der Waals surface area contributed by atoms with Gasteiger partial charge in [0, 0.05) is 24.0 Å². The van der Waals surface area contributed by atoms with Crippen LogP contribution in [0.3, 0.4) is 0 Å². The van der Waals surface area contributed by atoms with E-state index in [1.807, 2.05) is 73.0 Å². The molecule has 4 heterocycles. The molecule has 1 N–H and O–H groups in total. The van der Waals surface area contributed by atoms with Gasteiger partial charge in [0.05, 0.1) is 28.3 Å². The zero-order valence-electron chi connectivity index (χ0n) is 21.1. The number of carbonyl (C=O) groups excluding carboxylic acids is 1. The second kappa shape index (κ2) is 10.1. The highest BCUT2D eigenvalue weighted by Gasteiger charge is 2.24. The lowest BCUT2D eigenvalue weighted by atomic mass is 10.1. The van der Waals surface area contributed by atoms with E-state index in [0.717, 1.165) is 10.6 Å². The molecule has 0 bridgehead atoms. The molecule has 10 heteroatoms. The fourth-order valence-electron chi connectivity index (χ4n) is 4.60. The topological polar surface area (TPSA) is 107 Å². The van der Waals surface area contributed by atoms with Crippen molar-refractivity contribution in [1.29, 1.82) is 0 Å². The van der Waals surface area contributed by atoms with Gasteiger partial charge in [-0.2, -0.15) is 5.10 Å². The largest absolute Gasteiger partial charge is 0.342 e. The van der Waals surface area contributed by atoms with Gasteiger partial charge in [0.2, 0.25) is 0 Å². The van der Waals surface area contributed by atoms with E-state index in [9.17, 15) is 9.59 Å². The highest BCUT2D eigenvalue weighted by Crippen LogP contribution is 2.23. The molecule has 2 aromatic carbocycles. The molecule has 0 radical (unpaired) electrons. The van der Waals surface area contributed by atoms with E-state index in [-0.39, 0.29) is 11.5 Å². The molecule has 1 amide bonds. The first-order valence-corrected chi connectivity index (χ1v) is 13.2. The maximum Gasteiger partial charge on any atom is 0.266 e. The second-order valence-corrected chi connectivity index (χ2v) is 9.86.